The summed E-state index contributed by atoms with van der Waals surface area (Å²) in [6, 6.07) is 65.7. The molecule has 0 spiro atoms. The molecule has 0 saturated carbocycles. The topological polar surface area (TPSA) is 13.1 Å². The summed E-state index contributed by atoms with van der Waals surface area (Å²) in [6.07, 6.45) is 0. The summed E-state index contributed by atoms with van der Waals surface area (Å²) in [5.41, 5.74) is 11.7. The Hall–Kier alpha value is -6.44. The SMILES string of the molecule is c1ccc(-c2ccc(-c3ccc(-c4c5ccccc5c(-c5ccc6oc7c8ccccc8ccc7c6c5)c5ccccc45)cc3)cc2)cc1. The lowest BCUT2D eigenvalue weighted by Crippen LogP contribution is -1.91. The lowest BCUT2D eigenvalue weighted by atomic mass is 9.85. The van der Waals surface area contributed by atoms with Crippen molar-refractivity contribution in [2.24, 2.45) is 0 Å². The molecule has 0 aliphatic carbocycles. The van der Waals surface area contributed by atoms with Crippen LogP contribution in [-0.4, -0.2) is 0 Å². The van der Waals surface area contributed by atoms with Crippen LogP contribution in [0.3, 0.4) is 0 Å². The van der Waals surface area contributed by atoms with Crippen LogP contribution in [0.4, 0.5) is 0 Å². The first-order valence-corrected chi connectivity index (χ1v) is 16.8. The molecule has 0 fully saturated rings. The average molecular weight is 623 g/mol. The number of hydrogen-bond donors (Lipinski definition) is 0. The summed E-state index contributed by atoms with van der Waals surface area (Å²) < 4.78 is 6.48. The average Bonchev–Trinajstić information content (AvgIpc) is 3.56. The van der Waals surface area contributed by atoms with E-state index in [1.54, 1.807) is 0 Å². The number of benzene rings is 9. The van der Waals surface area contributed by atoms with E-state index in [1.807, 2.05) is 0 Å². The first kappa shape index (κ1) is 27.7. The van der Waals surface area contributed by atoms with E-state index in [9.17, 15) is 0 Å². The molecule has 0 atom stereocenters. The molecule has 228 valence electrons. The Kier molecular flexibility index (Phi) is 6.25. The van der Waals surface area contributed by atoms with Gasteiger partial charge in [-0.2, -0.15) is 0 Å². The molecule has 0 N–H and O–H groups in total. The maximum absolute atomic E-state index is 6.48. The molecule has 0 amide bonds. The molecule has 1 heteroatoms. The second kappa shape index (κ2) is 11.1. The maximum Gasteiger partial charge on any atom is 0.143 e. The van der Waals surface area contributed by atoms with Gasteiger partial charge in [-0.05, 0) is 89.6 Å². The van der Waals surface area contributed by atoms with Crippen molar-refractivity contribution in [2.45, 2.75) is 0 Å². The van der Waals surface area contributed by atoms with Crippen molar-refractivity contribution in [3.05, 3.63) is 182 Å². The van der Waals surface area contributed by atoms with E-state index in [0.717, 1.165) is 27.3 Å². The summed E-state index contributed by atoms with van der Waals surface area (Å²) in [5.74, 6) is 0. The maximum atomic E-state index is 6.48. The molecule has 1 heterocycles. The van der Waals surface area contributed by atoms with Crippen LogP contribution < -0.4 is 0 Å². The van der Waals surface area contributed by atoms with Crippen LogP contribution >= 0.6 is 0 Å². The van der Waals surface area contributed by atoms with Gasteiger partial charge >= 0.3 is 0 Å². The van der Waals surface area contributed by atoms with Gasteiger partial charge in [-0.3, -0.25) is 0 Å². The van der Waals surface area contributed by atoms with E-state index >= 15 is 0 Å². The van der Waals surface area contributed by atoms with Crippen molar-refractivity contribution >= 4 is 54.3 Å². The normalized spacial score (nSPS) is 11.7. The lowest BCUT2D eigenvalue weighted by Gasteiger charge is -2.18. The van der Waals surface area contributed by atoms with E-state index in [-0.39, 0.29) is 0 Å². The summed E-state index contributed by atoms with van der Waals surface area (Å²) in [5, 5.41) is 9.62. The van der Waals surface area contributed by atoms with E-state index in [4.69, 9.17) is 4.42 Å². The Morgan fingerprint density at radius 3 is 1.31 bits per heavy atom. The van der Waals surface area contributed by atoms with Crippen LogP contribution in [0.15, 0.2) is 186 Å². The van der Waals surface area contributed by atoms with Gasteiger partial charge in [-0.1, -0.05) is 164 Å². The number of rotatable bonds is 4. The minimum absolute atomic E-state index is 0.912. The smallest absolute Gasteiger partial charge is 0.143 e. The van der Waals surface area contributed by atoms with Gasteiger partial charge in [0, 0.05) is 16.2 Å². The highest BCUT2D eigenvalue weighted by Crippen LogP contribution is 2.45. The van der Waals surface area contributed by atoms with Crippen molar-refractivity contribution in [1.29, 1.82) is 0 Å². The molecule has 1 aromatic heterocycles. The Bertz CT molecular complexity index is 2780. The van der Waals surface area contributed by atoms with Gasteiger partial charge in [0.2, 0.25) is 0 Å². The number of hydrogen-bond acceptors (Lipinski definition) is 1. The molecule has 1 nitrogen and oxygen atoms in total. The first-order valence-electron chi connectivity index (χ1n) is 16.8. The molecule has 0 saturated heterocycles. The second-order valence-electron chi connectivity index (χ2n) is 12.8. The van der Waals surface area contributed by atoms with Crippen molar-refractivity contribution in [3.8, 4) is 44.5 Å². The summed E-state index contributed by atoms with van der Waals surface area (Å²) in [6.45, 7) is 0. The molecule has 0 radical (unpaired) electrons. The first-order chi connectivity index (χ1) is 24.3. The third-order valence-electron chi connectivity index (χ3n) is 10.1. The van der Waals surface area contributed by atoms with Crippen LogP contribution in [0.1, 0.15) is 0 Å². The van der Waals surface area contributed by atoms with Gasteiger partial charge in [0.25, 0.3) is 0 Å². The molecule has 0 aliphatic heterocycles. The molecule has 0 bridgehead atoms. The van der Waals surface area contributed by atoms with Gasteiger partial charge in [0.15, 0.2) is 0 Å². The van der Waals surface area contributed by atoms with E-state index in [2.05, 4.69) is 182 Å². The van der Waals surface area contributed by atoms with Crippen LogP contribution in [0.5, 0.6) is 0 Å². The van der Waals surface area contributed by atoms with Crippen LogP contribution in [-0.2, 0) is 0 Å². The van der Waals surface area contributed by atoms with Crippen molar-refractivity contribution in [2.75, 3.05) is 0 Å². The molecular formula is C48H30O. The quantitative estimate of drug-likeness (QED) is 0.178. The monoisotopic (exact) mass is 622 g/mol. The highest BCUT2D eigenvalue weighted by atomic mass is 16.3. The summed E-state index contributed by atoms with van der Waals surface area (Å²) >= 11 is 0. The van der Waals surface area contributed by atoms with Crippen LogP contribution in [0.2, 0.25) is 0 Å². The third-order valence-corrected chi connectivity index (χ3v) is 10.1. The second-order valence-corrected chi connectivity index (χ2v) is 12.8. The van der Waals surface area contributed by atoms with E-state index in [1.165, 1.54) is 71.4 Å². The zero-order valence-corrected chi connectivity index (χ0v) is 26.7. The van der Waals surface area contributed by atoms with Gasteiger partial charge in [0.05, 0.1) is 0 Å². The predicted molar refractivity (Wildman–Crippen MR) is 208 cm³/mol. The fraction of sp³-hybridized carbons (Fsp3) is 0. The molecule has 9 aromatic carbocycles. The van der Waals surface area contributed by atoms with E-state index in [0.29, 0.717) is 0 Å². The Morgan fingerprint density at radius 2 is 0.714 bits per heavy atom. The Labute approximate surface area is 284 Å². The summed E-state index contributed by atoms with van der Waals surface area (Å²) in [7, 11) is 0. The predicted octanol–water partition coefficient (Wildman–Crippen LogP) is 13.7. The van der Waals surface area contributed by atoms with Crippen molar-refractivity contribution in [3.63, 3.8) is 0 Å². The lowest BCUT2D eigenvalue weighted by molar-refractivity contribution is 0.672. The Balaban J connectivity index is 1.12. The molecule has 0 aliphatic rings. The van der Waals surface area contributed by atoms with Crippen molar-refractivity contribution in [1.82, 2.24) is 0 Å². The highest BCUT2D eigenvalue weighted by Gasteiger charge is 2.18. The number of furan rings is 1. The zero-order valence-electron chi connectivity index (χ0n) is 26.7. The van der Waals surface area contributed by atoms with Gasteiger partial charge < -0.3 is 4.42 Å². The van der Waals surface area contributed by atoms with Crippen molar-refractivity contribution < 1.29 is 4.42 Å². The fourth-order valence-corrected chi connectivity index (χ4v) is 7.73. The molecule has 10 rings (SSSR count). The molecule has 49 heavy (non-hydrogen) atoms. The van der Waals surface area contributed by atoms with E-state index < -0.39 is 0 Å². The van der Waals surface area contributed by atoms with Gasteiger partial charge in [-0.25, -0.2) is 0 Å². The molecule has 0 unspecified atom stereocenters. The zero-order chi connectivity index (χ0) is 32.3. The minimum atomic E-state index is 0.912. The largest absolute Gasteiger partial charge is 0.455 e. The van der Waals surface area contributed by atoms with Gasteiger partial charge in [-0.15, -0.1) is 0 Å². The highest BCUT2D eigenvalue weighted by molar-refractivity contribution is 6.22. The minimum Gasteiger partial charge on any atom is -0.455 e. The summed E-state index contributed by atoms with van der Waals surface area (Å²) in [4.78, 5) is 0. The third kappa shape index (κ3) is 4.47. The standard InChI is InChI=1S/C48H30O/c1-2-10-31(11-3-1)32-18-20-33(21-19-32)34-22-24-36(25-23-34)46-39-14-6-8-16-41(39)47(42-17-9-7-15-40(42)46)37-27-29-45-44(30-37)43-28-26-35-12-4-5-13-38(35)48(43)49-45/h1-30H. The van der Waals surface area contributed by atoms with Gasteiger partial charge in [0.1, 0.15) is 11.2 Å². The van der Waals surface area contributed by atoms with Crippen LogP contribution in [0, 0.1) is 0 Å². The molecular weight excluding hydrogens is 593 g/mol. The number of fused-ring (bicyclic) bond motifs is 7. The Morgan fingerprint density at radius 1 is 0.265 bits per heavy atom. The van der Waals surface area contributed by atoms with Crippen LogP contribution in [0.25, 0.3) is 98.8 Å². The fourth-order valence-electron chi connectivity index (χ4n) is 7.73. The molecule has 10 aromatic rings.